The normalized spacial score (nSPS) is 13.7. The monoisotopic (exact) mass is 191 g/mol. The van der Waals surface area contributed by atoms with Gasteiger partial charge in [0.05, 0.1) is 0 Å². The van der Waals surface area contributed by atoms with E-state index >= 15 is 0 Å². The second-order valence-corrected chi connectivity index (χ2v) is 2.26. The predicted molar refractivity (Wildman–Crippen MR) is 41.4 cm³/mol. The van der Waals surface area contributed by atoms with Crippen LogP contribution < -0.4 is 0 Å². The van der Waals surface area contributed by atoms with E-state index in [1.54, 1.807) is 0 Å². The zero-order valence-electron chi connectivity index (χ0n) is 5.06. The number of allylic oxidation sites excluding steroid dienone is 2. The molecule has 0 amide bonds. The van der Waals surface area contributed by atoms with Gasteiger partial charge in [-0.1, -0.05) is 12.7 Å². The molecule has 0 fully saturated rings. The van der Waals surface area contributed by atoms with Crippen LogP contribution in [0.4, 0.5) is 4.39 Å². The number of rotatable bonds is 2. The number of halogens is 2. The van der Waals surface area contributed by atoms with E-state index in [4.69, 9.17) is 0 Å². The predicted octanol–water partition coefficient (Wildman–Crippen LogP) is 2.80. The average Bonchev–Trinajstić information content (AvgIpc) is 1.83. The molecule has 0 heterocycles. The summed E-state index contributed by atoms with van der Waals surface area (Å²) in [5.74, 6) is -0.464. The van der Waals surface area contributed by atoms with Crippen molar-refractivity contribution in [2.45, 2.75) is 6.92 Å². The van der Waals surface area contributed by atoms with E-state index < -0.39 is 5.97 Å². The minimum Gasteiger partial charge on any atom is -0.231 e. The van der Waals surface area contributed by atoms with Crippen LogP contribution in [0.15, 0.2) is 28.3 Å². The molecule has 50 valence electrons. The van der Waals surface area contributed by atoms with E-state index in [0.29, 0.717) is 4.48 Å². The average molecular weight is 192 g/mol. The van der Waals surface area contributed by atoms with Crippen LogP contribution in [0.1, 0.15) is 6.92 Å². The molecule has 0 aliphatic carbocycles. The summed E-state index contributed by atoms with van der Waals surface area (Å²) in [6.45, 7) is 4.71. The molecule has 3 heteroatoms. The lowest BCUT2D eigenvalue weighted by Gasteiger charge is -1.81. The maximum Gasteiger partial charge on any atom is 0.185 e. The first kappa shape index (κ1) is 8.56. The lowest BCUT2D eigenvalue weighted by molar-refractivity contribution is 0.798. The van der Waals surface area contributed by atoms with Crippen LogP contribution in [0.25, 0.3) is 0 Å². The Kier molecular flexibility index (Phi) is 4.22. The van der Waals surface area contributed by atoms with Gasteiger partial charge in [-0.25, -0.2) is 4.99 Å². The molecule has 0 saturated heterocycles. The molecular weight excluding hydrogens is 185 g/mol. The zero-order valence-corrected chi connectivity index (χ0v) is 6.65. The minimum absolute atomic E-state index is 0.464. The number of nitrogens with zero attached hydrogens (tertiary/aromatic N) is 1. The summed E-state index contributed by atoms with van der Waals surface area (Å²) in [7, 11) is 0. The lowest BCUT2D eigenvalue weighted by atomic mass is 10.6. The Balaban J connectivity index is 3.98. The first-order valence-corrected chi connectivity index (χ1v) is 3.14. The molecule has 0 aliphatic heterocycles. The fourth-order valence-corrected chi connectivity index (χ4v) is 0.306. The van der Waals surface area contributed by atoms with Gasteiger partial charge in [0.15, 0.2) is 5.97 Å². The summed E-state index contributed by atoms with van der Waals surface area (Å²) in [6, 6.07) is 0. The number of aliphatic imine (C=N–C) groups is 1. The van der Waals surface area contributed by atoms with Crippen LogP contribution in [-0.2, 0) is 0 Å². The van der Waals surface area contributed by atoms with Crippen molar-refractivity contribution in [1.82, 2.24) is 0 Å². The largest absolute Gasteiger partial charge is 0.231 e. The summed E-state index contributed by atoms with van der Waals surface area (Å²) in [5.41, 5.74) is 0. The van der Waals surface area contributed by atoms with Gasteiger partial charge in [0.25, 0.3) is 0 Å². The summed E-state index contributed by atoms with van der Waals surface area (Å²) >= 11 is 3.07. The second-order valence-electron chi connectivity index (χ2n) is 1.34. The highest BCUT2D eigenvalue weighted by atomic mass is 79.9. The Morgan fingerprint density at radius 2 is 2.33 bits per heavy atom. The van der Waals surface area contributed by atoms with Crippen molar-refractivity contribution in [2.24, 2.45) is 4.99 Å². The molecule has 1 nitrogen and oxygen atoms in total. The molecule has 0 spiro atoms. The molecule has 0 aromatic heterocycles. The van der Waals surface area contributed by atoms with Gasteiger partial charge < -0.3 is 0 Å². The van der Waals surface area contributed by atoms with Gasteiger partial charge in [0, 0.05) is 17.6 Å². The van der Waals surface area contributed by atoms with Gasteiger partial charge in [-0.2, -0.15) is 4.39 Å². The minimum atomic E-state index is -0.464. The molecule has 0 N–H and O–H groups in total. The van der Waals surface area contributed by atoms with E-state index in [2.05, 4.69) is 27.5 Å². The molecule has 0 rings (SSSR count). The standard InChI is InChI=1S/C6H7BrFN/c1-3-6(7)4-9-5(2)8/h3-4H,1H2,2H3/b6-4+,9-5+. The maximum atomic E-state index is 11.8. The maximum absolute atomic E-state index is 11.8. The summed E-state index contributed by atoms with van der Waals surface area (Å²) < 4.78 is 12.5. The Morgan fingerprint density at radius 3 is 2.67 bits per heavy atom. The zero-order chi connectivity index (χ0) is 7.28. The van der Waals surface area contributed by atoms with Crippen LogP contribution >= 0.6 is 15.9 Å². The molecule has 0 radical (unpaired) electrons. The smallest absolute Gasteiger partial charge is 0.185 e. The number of hydrogen-bond donors (Lipinski definition) is 0. The molecule has 0 bridgehead atoms. The van der Waals surface area contributed by atoms with Crippen molar-refractivity contribution >= 4 is 21.9 Å². The topological polar surface area (TPSA) is 12.4 Å². The fraction of sp³-hybridized carbons (Fsp3) is 0.167. The highest BCUT2D eigenvalue weighted by Crippen LogP contribution is 2.04. The molecule has 0 saturated carbocycles. The van der Waals surface area contributed by atoms with Gasteiger partial charge in [0.2, 0.25) is 0 Å². The van der Waals surface area contributed by atoms with E-state index in [-0.39, 0.29) is 0 Å². The SMILES string of the molecule is C=C/C(Br)=C\N=C(/C)F. The molecule has 0 aliphatic rings. The molecule has 0 aromatic carbocycles. The van der Waals surface area contributed by atoms with Crippen molar-refractivity contribution in [1.29, 1.82) is 0 Å². The van der Waals surface area contributed by atoms with Crippen molar-refractivity contribution in [3.63, 3.8) is 0 Å². The van der Waals surface area contributed by atoms with Crippen molar-refractivity contribution in [3.8, 4) is 0 Å². The Hall–Kier alpha value is -0.440. The number of hydrogen-bond acceptors (Lipinski definition) is 1. The van der Waals surface area contributed by atoms with Crippen LogP contribution in [0, 0.1) is 0 Å². The second kappa shape index (κ2) is 4.44. The van der Waals surface area contributed by atoms with Crippen LogP contribution in [-0.4, -0.2) is 5.97 Å². The lowest BCUT2D eigenvalue weighted by Crippen LogP contribution is -1.72. The first-order chi connectivity index (χ1) is 4.16. The Morgan fingerprint density at radius 1 is 1.78 bits per heavy atom. The molecule has 9 heavy (non-hydrogen) atoms. The van der Waals surface area contributed by atoms with Crippen molar-refractivity contribution in [3.05, 3.63) is 23.3 Å². The van der Waals surface area contributed by atoms with Crippen molar-refractivity contribution < 1.29 is 4.39 Å². The first-order valence-electron chi connectivity index (χ1n) is 2.35. The summed E-state index contributed by atoms with van der Waals surface area (Å²) in [5, 5.41) is 0. The van der Waals surface area contributed by atoms with Gasteiger partial charge in [-0.05, 0) is 15.9 Å². The Bertz CT molecular complexity index is 156. The van der Waals surface area contributed by atoms with Gasteiger partial charge >= 0.3 is 0 Å². The van der Waals surface area contributed by atoms with E-state index in [0.717, 1.165) is 0 Å². The third-order valence-electron chi connectivity index (χ3n) is 0.561. The summed E-state index contributed by atoms with van der Waals surface area (Å²) in [6.07, 6.45) is 2.88. The Labute approximate surface area is 62.1 Å². The highest BCUT2D eigenvalue weighted by molar-refractivity contribution is 9.11. The third-order valence-corrected chi connectivity index (χ3v) is 1.09. The van der Waals surface area contributed by atoms with E-state index in [1.165, 1.54) is 19.2 Å². The fourth-order valence-electron chi connectivity index (χ4n) is 0.203. The van der Waals surface area contributed by atoms with Gasteiger partial charge in [-0.15, -0.1) is 0 Å². The summed E-state index contributed by atoms with van der Waals surface area (Å²) in [4.78, 5) is 3.37. The van der Waals surface area contributed by atoms with Crippen LogP contribution in [0.5, 0.6) is 0 Å². The molecule has 0 atom stereocenters. The van der Waals surface area contributed by atoms with Crippen LogP contribution in [0.2, 0.25) is 0 Å². The van der Waals surface area contributed by atoms with Gasteiger partial charge in [0.1, 0.15) is 0 Å². The van der Waals surface area contributed by atoms with Gasteiger partial charge in [-0.3, -0.25) is 0 Å². The highest BCUT2D eigenvalue weighted by Gasteiger charge is 1.80. The van der Waals surface area contributed by atoms with E-state index in [9.17, 15) is 4.39 Å². The molecular formula is C6H7BrFN. The van der Waals surface area contributed by atoms with Crippen LogP contribution in [0.3, 0.4) is 0 Å². The molecule has 0 aromatic rings. The quantitative estimate of drug-likeness (QED) is 0.471. The van der Waals surface area contributed by atoms with Crippen molar-refractivity contribution in [2.75, 3.05) is 0 Å². The third kappa shape index (κ3) is 5.43. The van der Waals surface area contributed by atoms with E-state index in [1.807, 2.05) is 0 Å². The molecule has 0 unspecified atom stereocenters.